The first kappa shape index (κ1) is 12.3. The molecule has 94 valence electrons. The highest BCUT2D eigenvalue weighted by Crippen LogP contribution is 2.10. The predicted molar refractivity (Wildman–Crippen MR) is 67.8 cm³/mol. The molecule has 0 saturated carbocycles. The quantitative estimate of drug-likeness (QED) is 0.892. The fourth-order valence-corrected chi connectivity index (χ4v) is 1.71. The van der Waals surface area contributed by atoms with Crippen LogP contribution in [-0.2, 0) is 6.54 Å². The highest BCUT2D eigenvalue weighted by atomic mass is 16.2. The molecule has 0 unspecified atom stereocenters. The van der Waals surface area contributed by atoms with E-state index < -0.39 is 0 Å². The van der Waals surface area contributed by atoms with Crippen molar-refractivity contribution in [2.24, 2.45) is 0 Å². The summed E-state index contributed by atoms with van der Waals surface area (Å²) < 4.78 is 0. The number of nitrogens with one attached hydrogen (secondary N) is 1. The fourth-order valence-electron chi connectivity index (χ4n) is 1.71. The Kier molecular flexibility index (Phi) is 3.72. The molecule has 1 heterocycles. The topological polar surface area (TPSA) is 61.9 Å². The number of nitrogens with zero attached hydrogens (tertiary/aromatic N) is 3. The van der Waals surface area contributed by atoms with Gasteiger partial charge in [-0.2, -0.15) is 5.10 Å². The first-order valence-electron chi connectivity index (χ1n) is 5.88. The third kappa shape index (κ3) is 2.74. The van der Waals surface area contributed by atoms with E-state index in [4.69, 9.17) is 0 Å². The highest BCUT2D eigenvalue weighted by molar-refractivity contribution is 5.90. The van der Waals surface area contributed by atoms with Crippen molar-refractivity contribution >= 4 is 5.91 Å². The number of hydrogen-bond acceptors (Lipinski definition) is 3. The standard InChI is InChI=1S/C13H16N4O/c1-10(2)17(8-11-6-4-3-5-7-11)13(18)12-14-9-15-16-12/h3-7,9-10H,8H2,1-2H3,(H,14,15,16). The third-order valence-electron chi connectivity index (χ3n) is 2.70. The molecule has 0 aliphatic rings. The van der Waals surface area contributed by atoms with Crippen LogP contribution in [0.25, 0.3) is 0 Å². The van der Waals surface area contributed by atoms with Gasteiger partial charge in [-0.1, -0.05) is 30.3 Å². The minimum atomic E-state index is -0.133. The van der Waals surface area contributed by atoms with Gasteiger partial charge in [0.2, 0.25) is 5.82 Å². The molecule has 0 radical (unpaired) electrons. The van der Waals surface area contributed by atoms with Gasteiger partial charge in [-0.15, -0.1) is 0 Å². The number of carbonyl (C=O) groups is 1. The summed E-state index contributed by atoms with van der Waals surface area (Å²) in [6, 6.07) is 10.00. The first-order valence-corrected chi connectivity index (χ1v) is 5.88. The number of benzene rings is 1. The van der Waals surface area contributed by atoms with E-state index in [1.807, 2.05) is 44.2 Å². The van der Waals surface area contributed by atoms with Gasteiger partial charge in [0, 0.05) is 12.6 Å². The molecule has 2 aromatic rings. The smallest absolute Gasteiger partial charge is 0.291 e. The van der Waals surface area contributed by atoms with Crippen molar-refractivity contribution in [3.05, 3.63) is 48.0 Å². The minimum absolute atomic E-state index is 0.0998. The molecule has 5 nitrogen and oxygen atoms in total. The summed E-state index contributed by atoms with van der Waals surface area (Å²) in [6.45, 7) is 4.53. The molecule has 5 heteroatoms. The van der Waals surface area contributed by atoms with E-state index in [0.29, 0.717) is 6.54 Å². The number of hydrogen-bond donors (Lipinski definition) is 1. The zero-order valence-electron chi connectivity index (χ0n) is 10.5. The first-order chi connectivity index (χ1) is 8.68. The fraction of sp³-hybridized carbons (Fsp3) is 0.308. The van der Waals surface area contributed by atoms with Crippen molar-refractivity contribution < 1.29 is 4.79 Å². The molecule has 1 amide bonds. The molecule has 0 bridgehead atoms. The van der Waals surface area contributed by atoms with E-state index in [9.17, 15) is 4.79 Å². The van der Waals surface area contributed by atoms with Crippen molar-refractivity contribution in [1.29, 1.82) is 0 Å². The Labute approximate surface area is 106 Å². The largest absolute Gasteiger partial charge is 0.329 e. The van der Waals surface area contributed by atoms with Gasteiger partial charge in [0.05, 0.1) is 0 Å². The predicted octanol–water partition coefficient (Wildman–Crippen LogP) is 1.86. The number of amides is 1. The maximum atomic E-state index is 12.2. The van der Waals surface area contributed by atoms with Crippen molar-refractivity contribution in [1.82, 2.24) is 20.1 Å². The van der Waals surface area contributed by atoms with E-state index in [2.05, 4.69) is 15.2 Å². The molecule has 0 aliphatic carbocycles. The molecule has 0 fully saturated rings. The number of carbonyl (C=O) groups excluding carboxylic acids is 1. The van der Waals surface area contributed by atoms with E-state index in [1.165, 1.54) is 6.33 Å². The maximum absolute atomic E-state index is 12.2. The molecule has 18 heavy (non-hydrogen) atoms. The zero-order chi connectivity index (χ0) is 13.0. The van der Waals surface area contributed by atoms with E-state index in [1.54, 1.807) is 4.90 Å². The number of H-pyrrole nitrogens is 1. The second kappa shape index (κ2) is 5.44. The van der Waals surface area contributed by atoms with Gasteiger partial charge in [-0.25, -0.2) is 4.98 Å². The van der Waals surface area contributed by atoms with Crippen LogP contribution in [0.1, 0.15) is 30.0 Å². The number of aromatic amines is 1. The number of rotatable bonds is 4. The molecule has 0 aliphatic heterocycles. The molecular weight excluding hydrogens is 228 g/mol. The van der Waals surface area contributed by atoms with Gasteiger partial charge in [-0.05, 0) is 19.4 Å². The van der Waals surface area contributed by atoms with Crippen LogP contribution in [0.3, 0.4) is 0 Å². The van der Waals surface area contributed by atoms with Crippen LogP contribution in [-0.4, -0.2) is 32.0 Å². The Balaban J connectivity index is 2.17. The Bertz CT molecular complexity index is 493. The Morgan fingerprint density at radius 2 is 2.06 bits per heavy atom. The second-order valence-corrected chi connectivity index (χ2v) is 4.35. The summed E-state index contributed by atoms with van der Waals surface area (Å²) >= 11 is 0. The van der Waals surface area contributed by atoms with Crippen molar-refractivity contribution in [3.8, 4) is 0 Å². The van der Waals surface area contributed by atoms with Gasteiger partial charge in [-0.3, -0.25) is 9.89 Å². The molecule has 0 atom stereocenters. The average molecular weight is 244 g/mol. The Morgan fingerprint density at radius 1 is 1.33 bits per heavy atom. The molecule has 2 rings (SSSR count). The lowest BCUT2D eigenvalue weighted by molar-refractivity contribution is 0.0678. The molecule has 1 aromatic heterocycles. The molecule has 1 aromatic carbocycles. The Hall–Kier alpha value is -2.17. The molecule has 0 spiro atoms. The lowest BCUT2D eigenvalue weighted by Crippen LogP contribution is -2.37. The summed E-state index contributed by atoms with van der Waals surface area (Å²) in [4.78, 5) is 17.9. The van der Waals surface area contributed by atoms with Crippen LogP contribution in [0.15, 0.2) is 36.7 Å². The molecular formula is C13H16N4O. The van der Waals surface area contributed by atoms with Gasteiger partial charge in [0.15, 0.2) is 0 Å². The number of aromatic nitrogens is 3. The van der Waals surface area contributed by atoms with Crippen LogP contribution in [0.4, 0.5) is 0 Å². The third-order valence-corrected chi connectivity index (χ3v) is 2.70. The maximum Gasteiger partial charge on any atom is 0.291 e. The monoisotopic (exact) mass is 244 g/mol. The summed E-state index contributed by atoms with van der Waals surface area (Å²) in [5, 5.41) is 6.31. The highest BCUT2D eigenvalue weighted by Gasteiger charge is 2.21. The van der Waals surface area contributed by atoms with E-state index in [0.717, 1.165) is 5.56 Å². The lowest BCUT2D eigenvalue weighted by atomic mass is 10.2. The zero-order valence-corrected chi connectivity index (χ0v) is 10.5. The van der Waals surface area contributed by atoms with Gasteiger partial charge in [0.1, 0.15) is 6.33 Å². The molecule has 1 N–H and O–H groups in total. The summed E-state index contributed by atoms with van der Waals surface area (Å²) in [5.41, 5.74) is 1.10. The molecule has 0 saturated heterocycles. The van der Waals surface area contributed by atoms with Crippen LogP contribution in [0, 0.1) is 0 Å². The van der Waals surface area contributed by atoms with Crippen molar-refractivity contribution in [3.63, 3.8) is 0 Å². The van der Waals surface area contributed by atoms with Gasteiger partial charge >= 0.3 is 0 Å². The van der Waals surface area contributed by atoms with E-state index >= 15 is 0 Å². The van der Waals surface area contributed by atoms with Crippen LogP contribution >= 0.6 is 0 Å². The lowest BCUT2D eigenvalue weighted by Gasteiger charge is -2.25. The summed E-state index contributed by atoms with van der Waals surface area (Å²) in [5.74, 6) is 0.144. The van der Waals surface area contributed by atoms with Gasteiger partial charge in [0.25, 0.3) is 5.91 Å². The SMILES string of the molecule is CC(C)N(Cc1ccccc1)C(=O)c1ncn[nH]1. The average Bonchev–Trinajstić information content (AvgIpc) is 2.90. The van der Waals surface area contributed by atoms with Crippen molar-refractivity contribution in [2.75, 3.05) is 0 Å². The van der Waals surface area contributed by atoms with Crippen molar-refractivity contribution in [2.45, 2.75) is 26.4 Å². The summed E-state index contributed by atoms with van der Waals surface area (Å²) in [6.07, 6.45) is 1.34. The summed E-state index contributed by atoms with van der Waals surface area (Å²) in [7, 11) is 0. The van der Waals surface area contributed by atoms with Crippen LogP contribution in [0.5, 0.6) is 0 Å². The van der Waals surface area contributed by atoms with E-state index in [-0.39, 0.29) is 17.8 Å². The van der Waals surface area contributed by atoms with Gasteiger partial charge < -0.3 is 4.90 Å². The van der Waals surface area contributed by atoms with Crippen LogP contribution < -0.4 is 0 Å². The normalized spacial score (nSPS) is 10.6. The van der Waals surface area contributed by atoms with Crippen LogP contribution in [0.2, 0.25) is 0 Å². The Morgan fingerprint density at radius 3 is 2.61 bits per heavy atom. The second-order valence-electron chi connectivity index (χ2n) is 4.35. The minimum Gasteiger partial charge on any atom is -0.329 e.